The zero-order valence-electron chi connectivity index (χ0n) is 9.96. The molecule has 0 saturated carbocycles. The van der Waals surface area contributed by atoms with Gasteiger partial charge >= 0.3 is 0 Å². The van der Waals surface area contributed by atoms with E-state index in [0.29, 0.717) is 12.2 Å². The van der Waals surface area contributed by atoms with Crippen molar-refractivity contribution in [3.05, 3.63) is 20.8 Å². The minimum Gasteiger partial charge on any atom is -0.299 e. The van der Waals surface area contributed by atoms with Crippen LogP contribution in [0.25, 0.3) is 0 Å². The summed E-state index contributed by atoms with van der Waals surface area (Å²) in [5, 5.41) is 2.04. The van der Waals surface area contributed by atoms with Crippen molar-refractivity contribution in [1.29, 1.82) is 0 Å². The van der Waals surface area contributed by atoms with E-state index in [1.165, 1.54) is 4.88 Å². The van der Waals surface area contributed by atoms with E-state index in [0.717, 1.165) is 30.2 Å². The predicted molar refractivity (Wildman–Crippen MR) is 74.0 cm³/mol. The van der Waals surface area contributed by atoms with Crippen LogP contribution in [0.5, 0.6) is 0 Å². The third kappa shape index (κ3) is 4.38. The number of Topliss-reactive ketones (excluding diaryl/α,β-unsaturated/α-hetero) is 1. The van der Waals surface area contributed by atoms with Crippen LogP contribution in [0.1, 0.15) is 44.4 Å². The minimum atomic E-state index is 0.274. The number of ketones is 1. The minimum absolute atomic E-state index is 0.274. The van der Waals surface area contributed by atoms with E-state index < -0.39 is 0 Å². The van der Waals surface area contributed by atoms with E-state index in [-0.39, 0.29) is 5.92 Å². The standard InChI is InChI=1S/C13H19BrOS/c1-3-5-10(6-4-2)13(15)8-12-7-11(14)9-16-12/h7,9-10H,3-6,8H2,1-2H3. The normalized spacial score (nSPS) is 11.0. The molecule has 0 atom stereocenters. The van der Waals surface area contributed by atoms with Crippen LogP contribution in [0.4, 0.5) is 0 Å². The second kappa shape index (κ2) is 7.23. The number of thiophene rings is 1. The Bertz CT molecular complexity index is 326. The highest BCUT2D eigenvalue weighted by Crippen LogP contribution is 2.23. The zero-order chi connectivity index (χ0) is 12.0. The molecule has 0 fully saturated rings. The van der Waals surface area contributed by atoms with Crippen molar-refractivity contribution < 1.29 is 4.79 Å². The molecule has 0 N–H and O–H groups in total. The summed E-state index contributed by atoms with van der Waals surface area (Å²) in [6.07, 6.45) is 4.90. The summed E-state index contributed by atoms with van der Waals surface area (Å²) in [6.45, 7) is 4.30. The van der Waals surface area contributed by atoms with Gasteiger partial charge in [-0.25, -0.2) is 0 Å². The Morgan fingerprint density at radius 2 is 2.00 bits per heavy atom. The molecule has 1 aromatic rings. The van der Waals surface area contributed by atoms with Crippen LogP contribution in [-0.2, 0) is 11.2 Å². The summed E-state index contributed by atoms with van der Waals surface area (Å²) in [7, 11) is 0. The van der Waals surface area contributed by atoms with E-state index >= 15 is 0 Å². The average Bonchev–Trinajstić information content (AvgIpc) is 2.63. The fourth-order valence-electron chi connectivity index (χ4n) is 1.93. The van der Waals surface area contributed by atoms with Gasteiger partial charge in [-0.3, -0.25) is 4.79 Å². The molecule has 1 nitrogen and oxygen atoms in total. The maximum absolute atomic E-state index is 12.1. The number of carbonyl (C=O) groups excluding carboxylic acids is 1. The maximum Gasteiger partial charge on any atom is 0.141 e. The topological polar surface area (TPSA) is 17.1 Å². The molecule has 3 heteroatoms. The van der Waals surface area contributed by atoms with Gasteiger partial charge in [0.1, 0.15) is 5.78 Å². The fraction of sp³-hybridized carbons (Fsp3) is 0.615. The molecule has 0 aliphatic heterocycles. The lowest BCUT2D eigenvalue weighted by Crippen LogP contribution is -2.16. The van der Waals surface area contributed by atoms with Crippen molar-refractivity contribution >= 4 is 33.0 Å². The van der Waals surface area contributed by atoms with Crippen molar-refractivity contribution in [1.82, 2.24) is 0 Å². The molecule has 1 rings (SSSR count). The molecular weight excluding hydrogens is 284 g/mol. The van der Waals surface area contributed by atoms with Gasteiger partial charge in [-0.15, -0.1) is 11.3 Å². The van der Waals surface area contributed by atoms with E-state index in [9.17, 15) is 4.79 Å². The molecule has 16 heavy (non-hydrogen) atoms. The van der Waals surface area contributed by atoms with E-state index in [1.807, 2.05) is 5.38 Å². The zero-order valence-corrected chi connectivity index (χ0v) is 12.4. The van der Waals surface area contributed by atoms with Crippen LogP contribution >= 0.6 is 27.3 Å². The van der Waals surface area contributed by atoms with Gasteiger partial charge < -0.3 is 0 Å². The molecular formula is C13H19BrOS. The summed E-state index contributed by atoms with van der Waals surface area (Å²) < 4.78 is 1.09. The lowest BCUT2D eigenvalue weighted by Gasteiger charge is -2.13. The molecule has 0 aromatic carbocycles. The summed E-state index contributed by atoms with van der Waals surface area (Å²) in [4.78, 5) is 13.3. The molecule has 0 aliphatic carbocycles. The Morgan fingerprint density at radius 1 is 1.38 bits per heavy atom. The van der Waals surface area contributed by atoms with Gasteiger partial charge in [0.25, 0.3) is 0 Å². The Balaban J connectivity index is 2.54. The van der Waals surface area contributed by atoms with Gasteiger partial charge in [0.2, 0.25) is 0 Å². The highest BCUT2D eigenvalue weighted by atomic mass is 79.9. The molecule has 0 unspecified atom stereocenters. The molecule has 90 valence electrons. The van der Waals surface area contributed by atoms with Gasteiger partial charge in [-0.05, 0) is 34.8 Å². The van der Waals surface area contributed by atoms with Crippen LogP contribution < -0.4 is 0 Å². The summed E-state index contributed by atoms with van der Waals surface area (Å²) >= 11 is 5.08. The number of hydrogen-bond donors (Lipinski definition) is 0. The van der Waals surface area contributed by atoms with Crippen molar-refractivity contribution in [2.24, 2.45) is 5.92 Å². The van der Waals surface area contributed by atoms with E-state index in [1.54, 1.807) is 11.3 Å². The Kier molecular flexibility index (Phi) is 6.29. The number of carbonyl (C=O) groups is 1. The smallest absolute Gasteiger partial charge is 0.141 e. The number of halogens is 1. The lowest BCUT2D eigenvalue weighted by molar-refractivity contribution is -0.122. The first-order valence-electron chi connectivity index (χ1n) is 5.93. The first kappa shape index (κ1) is 13.9. The monoisotopic (exact) mass is 302 g/mol. The first-order chi connectivity index (χ1) is 7.67. The second-order valence-electron chi connectivity index (χ2n) is 4.15. The number of rotatable bonds is 7. The number of hydrogen-bond acceptors (Lipinski definition) is 2. The first-order valence-corrected chi connectivity index (χ1v) is 7.60. The summed E-state index contributed by atoms with van der Waals surface area (Å²) in [5.74, 6) is 0.689. The SMILES string of the molecule is CCCC(CCC)C(=O)Cc1cc(Br)cs1. The van der Waals surface area contributed by atoms with Crippen molar-refractivity contribution in [2.75, 3.05) is 0 Å². The molecule has 0 amide bonds. The van der Waals surface area contributed by atoms with Gasteiger partial charge in [0, 0.05) is 27.1 Å². The highest BCUT2D eigenvalue weighted by Gasteiger charge is 2.17. The maximum atomic E-state index is 12.1. The van der Waals surface area contributed by atoms with Gasteiger partial charge in [0.05, 0.1) is 0 Å². The molecule has 0 saturated heterocycles. The molecule has 1 aromatic heterocycles. The molecule has 0 radical (unpaired) electrons. The predicted octanol–water partition coefficient (Wildman–Crippen LogP) is 4.84. The van der Waals surface area contributed by atoms with Crippen LogP contribution in [0.15, 0.2) is 15.9 Å². The lowest BCUT2D eigenvalue weighted by atomic mass is 9.92. The second-order valence-corrected chi connectivity index (χ2v) is 6.06. The van der Waals surface area contributed by atoms with E-state index in [4.69, 9.17) is 0 Å². The van der Waals surface area contributed by atoms with Crippen LogP contribution in [-0.4, -0.2) is 5.78 Å². The Morgan fingerprint density at radius 3 is 2.44 bits per heavy atom. The molecule has 0 bridgehead atoms. The molecule has 0 aliphatic rings. The highest BCUT2D eigenvalue weighted by molar-refractivity contribution is 9.10. The molecule has 1 heterocycles. The van der Waals surface area contributed by atoms with Gasteiger partial charge in [-0.2, -0.15) is 0 Å². The Hall–Kier alpha value is -0.150. The summed E-state index contributed by atoms with van der Waals surface area (Å²) in [5.41, 5.74) is 0. The van der Waals surface area contributed by atoms with Crippen LogP contribution in [0.2, 0.25) is 0 Å². The van der Waals surface area contributed by atoms with Gasteiger partial charge in [-0.1, -0.05) is 26.7 Å². The van der Waals surface area contributed by atoms with E-state index in [2.05, 4.69) is 35.8 Å². The van der Waals surface area contributed by atoms with Crippen molar-refractivity contribution in [2.45, 2.75) is 46.0 Å². The fourth-order valence-corrected chi connectivity index (χ4v) is 3.39. The largest absolute Gasteiger partial charge is 0.299 e. The van der Waals surface area contributed by atoms with Gasteiger partial charge in [0.15, 0.2) is 0 Å². The third-order valence-electron chi connectivity index (χ3n) is 2.70. The quantitative estimate of drug-likeness (QED) is 0.704. The summed E-state index contributed by atoms with van der Waals surface area (Å²) in [6, 6.07) is 2.05. The third-order valence-corrected chi connectivity index (χ3v) is 4.40. The molecule has 0 spiro atoms. The average molecular weight is 303 g/mol. The van der Waals surface area contributed by atoms with Crippen molar-refractivity contribution in [3.8, 4) is 0 Å². The van der Waals surface area contributed by atoms with Crippen molar-refractivity contribution in [3.63, 3.8) is 0 Å². The van der Waals surface area contributed by atoms with Crippen LogP contribution in [0, 0.1) is 5.92 Å². The van der Waals surface area contributed by atoms with Crippen LogP contribution in [0.3, 0.4) is 0 Å². The Labute approximate surface area is 110 Å².